The molecule has 0 aliphatic rings. The molecule has 0 aliphatic heterocycles. The fourth-order valence-corrected chi connectivity index (χ4v) is 3.37. The van der Waals surface area contributed by atoms with Crippen LogP contribution in [0.5, 0.6) is 11.5 Å². The van der Waals surface area contributed by atoms with Crippen LogP contribution in [0.1, 0.15) is 10.4 Å². The van der Waals surface area contributed by atoms with E-state index < -0.39 is 0 Å². The zero-order valence-electron chi connectivity index (χ0n) is 17.1. The third kappa shape index (κ3) is 4.66. The molecule has 7 nitrogen and oxygen atoms in total. The summed E-state index contributed by atoms with van der Waals surface area (Å²) in [7, 11) is 3.15. The van der Waals surface area contributed by atoms with Gasteiger partial charge in [-0.2, -0.15) is 0 Å². The van der Waals surface area contributed by atoms with Crippen molar-refractivity contribution >= 4 is 51.6 Å². The number of oxazole rings is 1. The van der Waals surface area contributed by atoms with Crippen LogP contribution in [0.3, 0.4) is 0 Å². The number of methoxy groups -OCH3 is 2. The lowest BCUT2D eigenvalue weighted by molar-refractivity contribution is 0.0977. The van der Waals surface area contributed by atoms with E-state index in [1.54, 1.807) is 68.8 Å². The van der Waals surface area contributed by atoms with E-state index >= 15 is 0 Å². The van der Waals surface area contributed by atoms with Gasteiger partial charge in [-0.05, 0) is 72.9 Å². The summed E-state index contributed by atoms with van der Waals surface area (Å²) in [4.78, 5) is 16.9. The number of nitrogens with zero attached hydrogens (tertiary/aromatic N) is 1. The quantitative estimate of drug-likeness (QED) is 0.385. The van der Waals surface area contributed by atoms with Gasteiger partial charge in [0.2, 0.25) is 5.89 Å². The highest BCUT2D eigenvalue weighted by atomic mass is 35.5. The summed E-state index contributed by atoms with van der Waals surface area (Å²) < 4.78 is 16.5. The molecule has 1 heterocycles. The molecule has 9 heteroatoms. The minimum Gasteiger partial charge on any atom is -0.493 e. The van der Waals surface area contributed by atoms with Crippen molar-refractivity contribution in [1.82, 2.24) is 10.3 Å². The van der Waals surface area contributed by atoms with E-state index in [2.05, 4.69) is 15.6 Å². The van der Waals surface area contributed by atoms with E-state index in [0.29, 0.717) is 44.8 Å². The molecule has 0 aliphatic carbocycles. The zero-order valence-corrected chi connectivity index (χ0v) is 18.7. The van der Waals surface area contributed by atoms with E-state index in [-0.39, 0.29) is 11.0 Å². The lowest BCUT2D eigenvalue weighted by Crippen LogP contribution is -2.34. The molecule has 0 bridgehead atoms. The van der Waals surface area contributed by atoms with Crippen LogP contribution in [0.25, 0.3) is 22.6 Å². The number of amides is 1. The minimum atomic E-state index is -0.336. The third-order valence-electron chi connectivity index (χ3n) is 4.61. The Kier molecular flexibility index (Phi) is 6.25. The molecule has 32 heavy (non-hydrogen) atoms. The van der Waals surface area contributed by atoms with Crippen molar-refractivity contribution in [1.29, 1.82) is 0 Å². The maximum absolute atomic E-state index is 12.3. The molecule has 4 rings (SSSR count). The minimum absolute atomic E-state index is 0.160. The van der Waals surface area contributed by atoms with E-state index in [0.717, 1.165) is 5.56 Å². The van der Waals surface area contributed by atoms with Crippen LogP contribution < -0.4 is 20.1 Å². The first-order valence-corrected chi connectivity index (χ1v) is 10.3. The highest BCUT2D eigenvalue weighted by molar-refractivity contribution is 7.80. The van der Waals surface area contributed by atoms with Crippen LogP contribution >= 0.6 is 23.8 Å². The number of nitrogens with one attached hydrogen (secondary N) is 2. The largest absolute Gasteiger partial charge is 0.493 e. The van der Waals surface area contributed by atoms with Gasteiger partial charge < -0.3 is 19.2 Å². The average Bonchev–Trinajstić information content (AvgIpc) is 3.22. The number of carbonyl (C=O) groups excluding carboxylic acids is 1. The Bertz CT molecular complexity index is 1300. The van der Waals surface area contributed by atoms with Gasteiger partial charge in [-0.3, -0.25) is 10.1 Å². The number of halogens is 1. The van der Waals surface area contributed by atoms with Gasteiger partial charge in [0.05, 0.1) is 14.2 Å². The molecule has 0 saturated carbocycles. The number of anilines is 1. The van der Waals surface area contributed by atoms with Crippen molar-refractivity contribution in [3.63, 3.8) is 0 Å². The Labute approximate surface area is 194 Å². The number of thiocarbonyl (C=S) groups is 1. The molecule has 0 atom stereocenters. The molecule has 1 amide bonds. The Morgan fingerprint density at radius 3 is 2.47 bits per heavy atom. The van der Waals surface area contributed by atoms with Crippen molar-refractivity contribution < 1.29 is 18.7 Å². The number of aromatic nitrogens is 1. The maximum Gasteiger partial charge on any atom is 0.257 e. The van der Waals surface area contributed by atoms with Gasteiger partial charge in [-0.15, -0.1) is 0 Å². The Balaban J connectivity index is 1.50. The number of benzene rings is 3. The molecule has 4 aromatic rings. The van der Waals surface area contributed by atoms with E-state index in [1.807, 2.05) is 6.07 Å². The van der Waals surface area contributed by atoms with Crippen LogP contribution in [0.15, 0.2) is 65.1 Å². The Morgan fingerprint density at radius 1 is 1.00 bits per heavy atom. The van der Waals surface area contributed by atoms with Crippen LogP contribution in [-0.2, 0) is 0 Å². The zero-order chi connectivity index (χ0) is 22.7. The molecule has 2 N–H and O–H groups in total. The molecule has 1 aromatic heterocycles. The van der Waals surface area contributed by atoms with Crippen LogP contribution in [0.2, 0.25) is 5.02 Å². The molecular weight excluding hydrogens is 450 g/mol. The van der Waals surface area contributed by atoms with Gasteiger partial charge in [0.1, 0.15) is 5.52 Å². The summed E-state index contributed by atoms with van der Waals surface area (Å²) in [6, 6.07) is 17.3. The monoisotopic (exact) mass is 467 g/mol. The maximum atomic E-state index is 12.3. The first kappa shape index (κ1) is 21.6. The number of ether oxygens (including phenoxy) is 2. The molecule has 162 valence electrons. The first-order valence-electron chi connectivity index (χ1n) is 9.47. The molecular formula is C23H18ClN3O4S. The summed E-state index contributed by atoms with van der Waals surface area (Å²) in [6.07, 6.45) is 0. The van der Waals surface area contributed by atoms with Crippen molar-refractivity contribution in [3.05, 3.63) is 71.2 Å². The fraction of sp³-hybridized carbons (Fsp3) is 0.0870. The van der Waals surface area contributed by atoms with Crippen LogP contribution in [0.4, 0.5) is 5.69 Å². The van der Waals surface area contributed by atoms with Crippen molar-refractivity contribution in [2.45, 2.75) is 0 Å². The van der Waals surface area contributed by atoms with Gasteiger partial charge in [-0.25, -0.2) is 4.98 Å². The van der Waals surface area contributed by atoms with Gasteiger partial charge in [0, 0.05) is 21.8 Å². The summed E-state index contributed by atoms with van der Waals surface area (Å²) in [6.45, 7) is 0. The first-order chi connectivity index (χ1) is 15.5. The van der Waals surface area contributed by atoms with Gasteiger partial charge >= 0.3 is 0 Å². The van der Waals surface area contributed by atoms with Gasteiger partial charge in [0.25, 0.3) is 5.91 Å². The highest BCUT2D eigenvalue weighted by Crippen LogP contribution is 2.33. The molecule has 0 saturated heterocycles. The highest BCUT2D eigenvalue weighted by Gasteiger charge is 2.13. The van der Waals surface area contributed by atoms with Gasteiger partial charge in [0.15, 0.2) is 22.2 Å². The SMILES string of the molecule is COc1ccc(-c2nc3cc(NC(=S)NC(=O)c4ccc(Cl)cc4)ccc3o2)cc1OC. The smallest absolute Gasteiger partial charge is 0.257 e. The second-order valence-corrected chi connectivity index (χ2v) is 7.53. The number of rotatable bonds is 5. The Hall–Kier alpha value is -3.62. The summed E-state index contributed by atoms with van der Waals surface area (Å²) in [5.74, 6) is 1.30. The molecule has 3 aromatic carbocycles. The summed E-state index contributed by atoms with van der Waals surface area (Å²) >= 11 is 11.1. The predicted octanol–water partition coefficient (Wildman–Crippen LogP) is 5.29. The molecule has 0 unspecified atom stereocenters. The van der Waals surface area contributed by atoms with Crippen LogP contribution in [-0.4, -0.2) is 30.2 Å². The molecule has 0 radical (unpaired) electrons. The summed E-state index contributed by atoms with van der Waals surface area (Å²) in [5.41, 5.74) is 3.10. The van der Waals surface area contributed by atoms with E-state index in [1.165, 1.54) is 0 Å². The third-order valence-corrected chi connectivity index (χ3v) is 5.07. The Morgan fingerprint density at radius 2 is 1.75 bits per heavy atom. The number of fused-ring (bicyclic) bond motifs is 1. The van der Waals surface area contributed by atoms with E-state index in [9.17, 15) is 4.79 Å². The molecule has 0 spiro atoms. The fourth-order valence-electron chi connectivity index (χ4n) is 3.04. The molecule has 0 fully saturated rings. The van der Waals surface area contributed by atoms with Crippen molar-refractivity contribution in [2.75, 3.05) is 19.5 Å². The number of carbonyl (C=O) groups is 1. The number of hydrogen-bond donors (Lipinski definition) is 2. The average molecular weight is 468 g/mol. The van der Waals surface area contributed by atoms with E-state index in [4.69, 9.17) is 37.7 Å². The summed E-state index contributed by atoms with van der Waals surface area (Å²) in [5, 5.41) is 6.33. The van der Waals surface area contributed by atoms with Gasteiger partial charge in [-0.1, -0.05) is 11.6 Å². The van der Waals surface area contributed by atoms with Crippen molar-refractivity contribution in [3.8, 4) is 23.0 Å². The standard InChI is InChI=1S/C23H18ClN3O4S/c1-29-19-9-5-14(11-20(19)30-2)22-26-17-12-16(8-10-18(17)31-22)25-23(32)27-21(28)13-3-6-15(24)7-4-13/h3-12H,1-2H3,(H2,25,27,28,32). The lowest BCUT2D eigenvalue weighted by Gasteiger charge is -2.09. The second kappa shape index (κ2) is 9.25. The second-order valence-electron chi connectivity index (χ2n) is 6.69. The lowest BCUT2D eigenvalue weighted by atomic mass is 10.2. The number of hydrogen-bond acceptors (Lipinski definition) is 6. The predicted molar refractivity (Wildman–Crippen MR) is 128 cm³/mol. The topological polar surface area (TPSA) is 85.6 Å². The van der Waals surface area contributed by atoms with Crippen LogP contribution in [0, 0.1) is 0 Å². The van der Waals surface area contributed by atoms with Crippen molar-refractivity contribution in [2.24, 2.45) is 0 Å². The normalized spacial score (nSPS) is 10.6.